The molecule has 2 N–H and O–H groups in total. The van der Waals surface area contributed by atoms with Crippen LogP contribution in [0.2, 0.25) is 0 Å². The summed E-state index contributed by atoms with van der Waals surface area (Å²) >= 11 is 0. The van der Waals surface area contributed by atoms with Crippen LogP contribution in [0.15, 0.2) is 24.3 Å². The zero-order valence-corrected chi connectivity index (χ0v) is 10.5. The van der Waals surface area contributed by atoms with E-state index in [2.05, 4.69) is 17.6 Å². The van der Waals surface area contributed by atoms with Gasteiger partial charge in [-0.25, -0.2) is 0 Å². The van der Waals surface area contributed by atoms with E-state index in [1.807, 2.05) is 24.3 Å². The summed E-state index contributed by atoms with van der Waals surface area (Å²) in [6.45, 7) is 5.84. The summed E-state index contributed by atoms with van der Waals surface area (Å²) in [6.07, 6.45) is 2.70. The number of rotatable bonds is 5. The molecule has 1 aromatic rings. The molecule has 1 aromatic carbocycles. The van der Waals surface area contributed by atoms with Crippen LogP contribution in [-0.2, 0) is 11.3 Å². The van der Waals surface area contributed by atoms with Crippen molar-refractivity contribution in [1.29, 1.82) is 0 Å². The maximum Gasteiger partial charge on any atom is 0.221 e. The average Bonchev–Trinajstić information content (AvgIpc) is 2.99. The molecule has 0 aromatic heterocycles. The number of hydrogen-bond donors (Lipinski definition) is 2. The van der Waals surface area contributed by atoms with Crippen molar-refractivity contribution in [2.75, 3.05) is 11.9 Å². The number of carbonyl (C=O) groups is 1. The van der Waals surface area contributed by atoms with Crippen LogP contribution < -0.4 is 10.6 Å². The van der Waals surface area contributed by atoms with Crippen molar-refractivity contribution in [2.24, 2.45) is 5.41 Å². The van der Waals surface area contributed by atoms with Gasteiger partial charge in [0.2, 0.25) is 5.91 Å². The first kappa shape index (κ1) is 12.1. The molecule has 3 nitrogen and oxygen atoms in total. The van der Waals surface area contributed by atoms with Crippen LogP contribution in [0.4, 0.5) is 5.69 Å². The van der Waals surface area contributed by atoms with Crippen LogP contribution in [-0.4, -0.2) is 12.5 Å². The van der Waals surface area contributed by atoms with Crippen LogP contribution in [0.25, 0.3) is 0 Å². The monoisotopic (exact) mass is 232 g/mol. The largest absolute Gasteiger partial charge is 0.326 e. The fourth-order valence-corrected chi connectivity index (χ4v) is 1.81. The Labute approximate surface area is 103 Å². The van der Waals surface area contributed by atoms with Gasteiger partial charge in [0.1, 0.15) is 0 Å². The van der Waals surface area contributed by atoms with Crippen molar-refractivity contribution >= 4 is 11.6 Å². The standard InChI is InChI=1S/C14H20N2O/c1-11(17)16-13-5-3-12(4-6-13)9-15-10-14(2)7-8-14/h3-6,15H,7-10H2,1-2H3,(H,16,17). The second kappa shape index (κ2) is 4.88. The maximum absolute atomic E-state index is 10.9. The number of nitrogens with one attached hydrogen (secondary N) is 2. The molecule has 3 heteroatoms. The molecular weight excluding hydrogens is 212 g/mol. The summed E-state index contributed by atoms with van der Waals surface area (Å²) in [5.41, 5.74) is 2.66. The fraction of sp³-hybridized carbons (Fsp3) is 0.500. The zero-order chi connectivity index (χ0) is 12.3. The minimum Gasteiger partial charge on any atom is -0.326 e. The highest BCUT2D eigenvalue weighted by Gasteiger charge is 2.36. The lowest BCUT2D eigenvalue weighted by molar-refractivity contribution is -0.114. The van der Waals surface area contributed by atoms with E-state index in [0.29, 0.717) is 5.41 Å². The molecule has 92 valence electrons. The van der Waals surface area contributed by atoms with Crippen LogP contribution in [0.5, 0.6) is 0 Å². The summed E-state index contributed by atoms with van der Waals surface area (Å²) in [6, 6.07) is 7.98. The number of amides is 1. The molecule has 0 saturated heterocycles. The number of anilines is 1. The smallest absolute Gasteiger partial charge is 0.221 e. The maximum atomic E-state index is 10.9. The van der Waals surface area contributed by atoms with E-state index in [1.165, 1.54) is 25.3 Å². The highest BCUT2D eigenvalue weighted by molar-refractivity contribution is 5.88. The molecule has 0 atom stereocenters. The van der Waals surface area contributed by atoms with Crippen molar-refractivity contribution < 1.29 is 4.79 Å². The van der Waals surface area contributed by atoms with Crippen molar-refractivity contribution in [3.05, 3.63) is 29.8 Å². The van der Waals surface area contributed by atoms with E-state index in [4.69, 9.17) is 0 Å². The van der Waals surface area contributed by atoms with Crippen LogP contribution in [0.1, 0.15) is 32.3 Å². The summed E-state index contributed by atoms with van der Waals surface area (Å²) in [4.78, 5) is 10.9. The predicted molar refractivity (Wildman–Crippen MR) is 69.8 cm³/mol. The van der Waals surface area contributed by atoms with Crippen molar-refractivity contribution in [1.82, 2.24) is 5.32 Å². The quantitative estimate of drug-likeness (QED) is 0.819. The minimum atomic E-state index is -0.0301. The summed E-state index contributed by atoms with van der Waals surface area (Å²) in [5.74, 6) is -0.0301. The average molecular weight is 232 g/mol. The molecule has 1 saturated carbocycles. The minimum absolute atomic E-state index is 0.0301. The van der Waals surface area contributed by atoms with E-state index >= 15 is 0 Å². The van der Waals surface area contributed by atoms with E-state index < -0.39 is 0 Å². The van der Waals surface area contributed by atoms with Gasteiger partial charge in [-0.1, -0.05) is 19.1 Å². The molecule has 17 heavy (non-hydrogen) atoms. The summed E-state index contributed by atoms with van der Waals surface area (Å²) < 4.78 is 0. The molecule has 1 fully saturated rings. The lowest BCUT2D eigenvalue weighted by atomic mass is 10.1. The third kappa shape index (κ3) is 3.86. The number of benzene rings is 1. The van der Waals surface area contributed by atoms with Gasteiger partial charge in [-0.05, 0) is 36.0 Å². The van der Waals surface area contributed by atoms with Crippen molar-refractivity contribution in [2.45, 2.75) is 33.2 Å². The van der Waals surface area contributed by atoms with Crippen LogP contribution >= 0.6 is 0 Å². The molecule has 0 spiro atoms. The van der Waals surface area contributed by atoms with E-state index in [-0.39, 0.29) is 5.91 Å². The predicted octanol–water partition coefficient (Wildman–Crippen LogP) is 2.53. The molecule has 1 amide bonds. The Kier molecular flexibility index (Phi) is 3.48. The van der Waals surface area contributed by atoms with Gasteiger partial charge < -0.3 is 10.6 Å². The Balaban J connectivity index is 1.79. The fourth-order valence-electron chi connectivity index (χ4n) is 1.81. The summed E-state index contributed by atoms with van der Waals surface area (Å²) in [7, 11) is 0. The Hall–Kier alpha value is -1.35. The van der Waals surface area contributed by atoms with Gasteiger partial charge in [0.15, 0.2) is 0 Å². The molecular formula is C14H20N2O. The highest BCUT2D eigenvalue weighted by Crippen LogP contribution is 2.44. The molecule has 2 rings (SSSR count). The van der Waals surface area contributed by atoms with Crippen molar-refractivity contribution in [3.8, 4) is 0 Å². The second-order valence-electron chi connectivity index (χ2n) is 5.29. The SMILES string of the molecule is CC(=O)Nc1ccc(CNCC2(C)CC2)cc1. The number of hydrogen-bond acceptors (Lipinski definition) is 2. The normalized spacial score (nSPS) is 16.6. The van der Waals surface area contributed by atoms with Gasteiger partial charge in [0.05, 0.1) is 0 Å². The molecule has 0 heterocycles. The topological polar surface area (TPSA) is 41.1 Å². The Bertz CT molecular complexity index is 393. The third-order valence-corrected chi connectivity index (χ3v) is 3.26. The third-order valence-electron chi connectivity index (χ3n) is 3.26. The lowest BCUT2D eigenvalue weighted by Gasteiger charge is -2.10. The van der Waals surface area contributed by atoms with Gasteiger partial charge in [0.25, 0.3) is 0 Å². The Morgan fingerprint density at radius 2 is 1.94 bits per heavy atom. The van der Waals surface area contributed by atoms with E-state index in [9.17, 15) is 4.79 Å². The Morgan fingerprint density at radius 3 is 2.47 bits per heavy atom. The first-order chi connectivity index (χ1) is 8.07. The van der Waals surface area contributed by atoms with E-state index in [1.54, 1.807) is 0 Å². The molecule has 0 aliphatic heterocycles. The zero-order valence-electron chi connectivity index (χ0n) is 10.5. The number of carbonyl (C=O) groups excluding carboxylic acids is 1. The summed E-state index contributed by atoms with van der Waals surface area (Å²) in [5, 5.41) is 6.24. The molecule has 0 bridgehead atoms. The van der Waals surface area contributed by atoms with Gasteiger partial charge >= 0.3 is 0 Å². The lowest BCUT2D eigenvalue weighted by Crippen LogP contribution is -2.21. The van der Waals surface area contributed by atoms with Gasteiger partial charge in [-0.15, -0.1) is 0 Å². The highest BCUT2D eigenvalue weighted by atomic mass is 16.1. The molecule has 1 aliphatic rings. The first-order valence-electron chi connectivity index (χ1n) is 6.15. The molecule has 1 aliphatic carbocycles. The first-order valence-corrected chi connectivity index (χ1v) is 6.15. The van der Waals surface area contributed by atoms with Crippen LogP contribution in [0.3, 0.4) is 0 Å². The van der Waals surface area contributed by atoms with E-state index in [0.717, 1.165) is 18.8 Å². The molecule has 0 unspecified atom stereocenters. The van der Waals surface area contributed by atoms with Gasteiger partial charge in [-0.3, -0.25) is 4.79 Å². The van der Waals surface area contributed by atoms with Crippen molar-refractivity contribution in [3.63, 3.8) is 0 Å². The van der Waals surface area contributed by atoms with Crippen LogP contribution in [0, 0.1) is 5.41 Å². The molecule has 0 radical (unpaired) electrons. The van der Waals surface area contributed by atoms with Gasteiger partial charge in [0, 0.05) is 25.7 Å². The Morgan fingerprint density at radius 1 is 1.29 bits per heavy atom. The van der Waals surface area contributed by atoms with Gasteiger partial charge in [-0.2, -0.15) is 0 Å². The second-order valence-corrected chi connectivity index (χ2v) is 5.29.